The summed E-state index contributed by atoms with van der Waals surface area (Å²) in [6.45, 7) is 11.9. The summed E-state index contributed by atoms with van der Waals surface area (Å²) in [4.78, 5) is 0. The SMILES string of the molecule is C=CCO[C@@H]1[C@@H](OCC=C)[C@H](C)O[C@@H](O[C@H]2[C@H](OC)O[C@@H](C)[C@H](OCc3ccccc3)[C@H]2O[C@H]2O[C@H](COCc3ccccc3)[C@@H](OCc3ccccc3)[C@H](OCc3ccccc3)[C@H]2OCc2ccccc2)[C@@H]1O[C@@H]1O[C@H](CO)[C@@H](O)[C@H](O)[C@H]1N. The molecule has 4 aliphatic heterocycles. The third-order valence-electron chi connectivity index (χ3n) is 15.4. The molecule has 460 valence electrons. The first-order chi connectivity index (χ1) is 41.6. The van der Waals surface area contributed by atoms with Gasteiger partial charge in [0.05, 0.1) is 77.7 Å². The molecule has 0 aromatic heterocycles. The molecule has 85 heavy (non-hydrogen) atoms. The van der Waals surface area contributed by atoms with Crippen LogP contribution in [0.2, 0.25) is 0 Å². The maximum Gasteiger partial charge on any atom is 0.187 e. The van der Waals surface area contributed by atoms with Gasteiger partial charge in [-0.25, -0.2) is 0 Å². The molecule has 19 nitrogen and oxygen atoms in total. The van der Waals surface area contributed by atoms with Crippen molar-refractivity contribution in [2.24, 2.45) is 5.73 Å². The van der Waals surface area contributed by atoms with Gasteiger partial charge in [0.1, 0.15) is 79.4 Å². The quantitative estimate of drug-likeness (QED) is 0.0362. The number of aliphatic hydroxyl groups excluding tert-OH is 3. The molecule has 20 atom stereocenters. The Morgan fingerprint density at radius 1 is 0.424 bits per heavy atom. The summed E-state index contributed by atoms with van der Waals surface area (Å²) in [5.41, 5.74) is 11.1. The number of aliphatic hydroxyl groups is 3. The van der Waals surface area contributed by atoms with Gasteiger partial charge in [-0.1, -0.05) is 164 Å². The second-order valence-corrected chi connectivity index (χ2v) is 21.5. The van der Waals surface area contributed by atoms with Crippen molar-refractivity contribution in [2.75, 3.05) is 33.5 Å². The summed E-state index contributed by atoms with van der Waals surface area (Å²) in [6, 6.07) is 47.8. The Balaban J connectivity index is 1.14. The van der Waals surface area contributed by atoms with Crippen molar-refractivity contribution >= 4 is 0 Å². The molecule has 9 rings (SSSR count). The molecule has 0 bridgehead atoms. The Kier molecular flexibility index (Phi) is 24.7. The van der Waals surface area contributed by atoms with Gasteiger partial charge in [0, 0.05) is 7.11 Å². The van der Waals surface area contributed by atoms with E-state index in [4.69, 9.17) is 76.8 Å². The first kappa shape index (κ1) is 64.3. The van der Waals surface area contributed by atoms with Gasteiger partial charge in [0.2, 0.25) is 0 Å². The predicted octanol–water partition coefficient (Wildman–Crippen LogP) is 6.47. The highest BCUT2D eigenvalue weighted by Crippen LogP contribution is 2.40. The van der Waals surface area contributed by atoms with Gasteiger partial charge in [0.15, 0.2) is 25.2 Å². The highest BCUT2D eigenvalue weighted by molar-refractivity contribution is 5.18. The molecule has 4 heterocycles. The zero-order valence-corrected chi connectivity index (χ0v) is 48.5. The van der Waals surface area contributed by atoms with E-state index in [-0.39, 0.29) is 52.9 Å². The number of rotatable bonds is 30. The Morgan fingerprint density at radius 3 is 1.29 bits per heavy atom. The van der Waals surface area contributed by atoms with Crippen LogP contribution in [0, 0.1) is 0 Å². The first-order valence-electron chi connectivity index (χ1n) is 29.1. The van der Waals surface area contributed by atoms with Crippen molar-refractivity contribution in [3.63, 3.8) is 0 Å². The van der Waals surface area contributed by atoms with E-state index >= 15 is 0 Å². The van der Waals surface area contributed by atoms with Crippen LogP contribution >= 0.6 is 0 Å². The van der Waals surface area contributed by atoms with E-state index in [2.05, 4.69) is 13.2 Å². The number of ether oxygens (including phenoxy) is 15. The highest BCUT2D eigenvalue weighted by Gasteiger charge is 2.57. The van der Waals surface area contributed by atoms with Crippen molar-refractivity contribution in [1.29, 1.82) is 0 Å². The third-order valence-corrected chi connectivity index (χ3v) is 15.4. The zero-order chi connectivity index (χ0) is 59.5. The van der Waals surface area contributed by atoms with Crippen LogP contribution in [0.25, 0.3) is 0 Å². The molecule has 5 aromatic carbocycles. The van der Waals surface area contributed by atoms with Gasteiger partial charge in [-0.05, 0) is 41.7 Å². The summed E-state index contributed by atoms with van der Waals surface area (Å²) in [5.74, 6) is 0. The second kappa shape index (κ2) is 32.7. The standard InChI is InChI=1S/C66H83NO18/c1-6-33-73-54-42(3)80-66(61(57(54)74-34-7-2)84-63-51(67)53(70)52(69)49(35-68)81-63)85-62-59(55(43(4)79-64(62)71-5)75-37-45-25-15-9-16-26-45)83-65-60(78-40-48-31-21-12-22-32-48)58(77-39-47-29-19-11-20-30-47)56(76-38-46-27-17-10-18-28-46)50(82-65)41-72-36-44-23-13-8-14-24-44/h6-32,42-43,49-66,68-70H,1-2,33-41,67H2,3-5H3/t42-,43-,49+,50+,51+,52+,53+,54-,55-,56+,57+,58-,59+,60+,61+,62+,63-,64+,65+,66-/m0/s1. The van der Waals surface area contributed by atoms with Crippen molar-refractivity contribution in [2.45, 2.75) is 170 Å². The second-order valence-electron chi connectivity index (χ2n) is 21.5. The molecule has 4 saturated heterocycles. The van der Waals surface area contributed by atoms with E-state index in [9.17, 15) is 15.3 Å². The summed E-state index contributed by atoms with van der Waals surface area (Å²) >= 11 is 0. The van der Waals surface area contributed by atoms with E-state index in [0.717, 1.165) is 27.8 Å². The van der Waals surface area contributed by atoms with Gasteiger partial charge in [-0.3, -0.25) is 0 Å². The average Bonchev–Trinajstić information content (AvgIpc) is 3.16. The van der Waals surface area contributed by atoms with Crippen molar-refractivity contribution in [3.8, 4) is 0 Å². The Hall–Kier alpha value is -5.18. The molecule has 0 radical (unpaired) electrons. The topological polar surface area (TPSA) is 225 Å². The Morgan fingerprint density at radius 2 is 0.800 bits per heavy atom. The van der Waals surface area contributed by atoms with Crippen LogP contribution in [0.4, 0.5) is 0 Å². The van der Waals surface area contributed by atoms with Crippen LogP contribution < -0.4 is 5.73 Å². The van der Waals surface area contributed by atoms with Crippen LogP contribution in [-0.2, 0) is 104 Å². The molecule has 4 fully saturated rings. The average molecular weight is 1180 g/mol. The summed E-state index contributed by atoms with van der Waals surface area (Å²) in [7, 11) is 1.49. The molecule has 19 heteroatoms. The van der Waals surface area contributed by atoms with E-state index in [1.165, 1.54) is 7.11 Å². The molecule has 5 aromatic rings. The number of benzene rings is 5. The van der Waals surface area contributed by atoms with Crippen molar-refractivity contribution in [3.05, 3.63) is 205 Å². The summed E-state index contributed by atoms with van der Waals surface area (Å²) in [5, 5.41) is 32.3. The van der Waals surface area contributed by atoms with Gasteiger partial charge in [-0.15, -0.1) is 13.2 Å². The lowest BCUT2D eigenvalue weighted by molar-refractivity contribution is -0.405. The predicted molar refractivity (Wildman–Crippen MR) is 311 cm³/mol. The van der Waals surface area contributed by atoms with Crippen LogP contribution in [0.5, 0.6) is 0 Å². The van der Waals surface area contributed by atoms with Crippen molar-refractivity contribution < 1.29 is 86.4 Å². The number of nitrogens with two attached hydrogens (primary N) is 1. The minimum atomic E-state index is -1.56. The smallest absolute Gasteiger partial charge is 0.187 e. The summed E-state index contributed by atoms with van der Waals surface area (Å²) in [6.07, 6.45) is -17.9. The van der Waals surface area contributed by atoms with Crippen LogP contribution in [-0.4, -0.2) is 172 Å². The fourth-order valence-corrected chi connectivity index (χ4v) is 11.0. The maximum absolute atomic E-state index is 11.2. The molecule has 0 amide bonds. The highest BCUT2D eigenvalue weighted by atomic mass is 16.8. The Bertz CT molecular complexity index is 2690. The molecule has 0 saturated carbocycles. The van der Waals surface area contributed by atoms with Crippen molar-refractivity contribution in [1.82, 2.24) is 0 Å². The fraction of sp³-hybridized carbons (Fsp3) is 0.485. The van der Waals surface area contributed by atoms with E-state index in [0.29, 0.717) is 0 Å². The molecule has 0 aliphatic carbocycles. The minimum absolute atomic E-state index is 0.0329. The first-order valence-corrected chi connectivity index (χ1v) is 29.1. The number of hydrogen-bond donors (Lipinski definition) is 4. The molecule has 0 spiro atoms. The lowest BCUT2D eigenvalue weighted by Gasteiger charge is -2.52. The molecular weight excluding hydrogens is 1090 g/mol. The lowest BCUT2D eigenvalue weighted by Crippen LogP contribution is -2.69. The molecular formula is C66H83NO18. The molecule has 0 unspecified atom stereocenters. The third kappa shape index (κ3) is 17.1. The number of hydrogen-bond acceptors (Lipinski definition) is 19. The maximum atomic E-state index is 11.2. The summed E-state index contributed by atoms with van der Waals surface area (Å²) < 4.78 is 102. The van der Waals surface area contributed by atoms with Crippen LogP contribution in [0.1, 0.15) is 41.7 Å². The zero-order valence-electron chi connectivity index (χ0n) is 48.5. The number of methoxy groups -OCH3 is 1. The van der Waals surface area contributed by atoms with Crippen LogP contribution in [0.3, 0.4) is 0 Å². The van der Waals surface area contributed by atoms with E-state index in [1.807, 2.05) is 159 Å². The van der Waals surface area contributed by atoms with Gasteiger partial charge >= 0.3 is 0 Å². The van der Waals surface area contributed by atoms with Crippen LogP contribution in [0.15, 0.2) is 177 Å². The van der Waals surface area contributed by atoms with Gasteiger partial charge in [0.25, 0.3) is 0 Å². The fourth-order valence-electron chi connectivity index (χ4n) is 11.0. The molecule has 5 N–H and O–H groups in total. The van der Waals surface area contributed by atoms with E-state index in [1.54, 1.807) is 19.1 Å². The lowest BCUT2D eigenvalue weighted by atomic mass is 9.95. The Labute approximate surface area is 498 Å². The monoisotopic (exact) mass is 1180 g/mol. The van der Waals surface area contributed by atoms with Gasteiger partial charge < -0.3 is 92.1 Å². The molecule has 4 aliphatic rings. The van der Waals surface area contributed by atoms with E-state index < -0.39 is 129 Å². The largest absolute Gasteiger partial charge is 0.394 e. The van der Waals surface area contributed by atoms with Gasteiger partial charge in [-0.2, -0.15) is 0 Å². The normalized spacial score (nSPS) is 33.3. The minimum Gasteiger partial charge on any atom is -0.394 e.